The summed E-state index contributed by atoms with van der Waals surface area (Å²) in [7, 11) is 0. The van der Waals surface area contributed by atoms with Crippen LogP contribution in [0.15, 0.2) is 65.3 Å². The van der Waals surface area contributed by atoms with Gasteiger partial charge in [0.25, 0.3) is 0 Å². The zero-order valence-electron chi connectivity index (χ0n) is 17.1. The second kappa shape index (κ2) is 8.39. The van der Waals surface area contributed by atoms with Crippen molar-refractivity contribution in [2.24, 2.45) is 5.10 Å². The third kappa shape index (κ3) is 4.39. The monoisotopic (exact) mass is 358 g/mol. The first-order valence-electron chi connectivity index (χ1n) is 9.86. The highest BCUT2D eigenvalue weighted by molar-refractivity contribution is 5.90. The third-order valence-corrected chi connectivity index (χ3v) is 5.11. The topological polar surface area (TPSA) is 24.4 Å². The van der Waals surface area contributed by atoms with Crippen molar-refractivity contribution < 1.29 is 0 Å². The molecule has 0 spiro atoms. The quantitative estimate of drug-likeness (QED) is 0.432. The summed E-state index contributed by atoms with van der Waals surface area (Å²) in [4.78, 5) is 0. The van der Waals surface area contributed by atoms with Crippen molar-refractivity contribution in [3.8, 4) is 0 Å². The van der Waals surface area contributed by atoms with Crippen molar-refractivity contribution in [3.63, 3.8) is 0 Å². The van der Waals surface area contributed by atoms with E-state index in [4.69, 9.17) is 0 Å². The highest BCUT2D eigenvalue weighted by atomic mass is 15.3. The van der Waals surface area contributed by atoms with Gasteiger partial charge in [0.1, 0.15) is 0 Å². The molecule has 3 rings (SSSR count). The molecule has 1 aliphatic carbocycles. The summed E-state index contributed by atoms with van der Waals surface area (Å²) >= 11 is 0. The van der Waals surface area contributed by atoms with E-state index in [1.165, 1.54) is 27.8 Å². The fraction of sp³-hybridized carbons (Fsp3) is 0.320. The van der Waals surface area contributed by atoms with Crippen molar-refractivity contribution in [1.82, 2.24) is 0 Å². The van der Waals surface area contributed by atoms with Crippen molar-refractivity contribution in [1.29, 1.82) is 0 Å². The van der Waals surface area contributed by atoms with E-state index in [0.717, 1.165) is 17.7 Å². The van der Waals surface area contributed by atoms with Crippen LogP contribution in [0.1, 0.15) is 75.1 Å². The van der Waals surface area contributed by atoms with Crippen LogP contribution < -0.4 is 5.43 Å². The van der Waals surface area contributed by atoms with Crippen molar-refractivity contribution in [3.05, 3.63) is 82.4 Å². The van der Waals surface area contributed by atoms with Gasteiger partial charge in [-0.25, -0.2) is 0 Å². The number of para-hydroxylation sites is 1. The molecule has 0 bridgehead atoms. The molecule has 2 nitrogen and oxygen atoms in total. The Hall–Kier alpha value is -2.61. The van der Waals surface area contributed by atoms with E-state index in [1.807, 2.05) is 6.21 Å². The number of allylic oxidation sites excluding steroid dienone is 4. The Morgan fingerprint density at radius 2 is 1.59 bits per heavy atom. The molecule has 0 radical (unpaired) electrons. The molecule has 1 N–H and O–H groups in total. The van der Waals surface area contributed by atoms with E-state index in [-0.39, 0.29) is 0 Å². The summed E-state index contributed by atoms with van der Waals surface area (Å²) in [5.74, 6) is 0.901. The minimum Gasteiger partial charge on any atom is -0.278 e. The standard InChI is InChI=1S/C25H30N2/c1-17(2)22-11-8-12-23(18(3)4)25(22)27-26-16-21-9-6-7-10-24(21)20-14-13-19(5)15-20/h6-13,15-18,27H,14H2,1-5H3/b26-16+. The number of nitrogens with zero attached hydrogens (tertiary/aromatic N) is 1. The minimum atomic E-state index is 0.450. The van der Waals surface area contributed by atoms with Gasteiger partial charge in [0.15, 0.2) is 0 Å². The lowest BCUT2D eigenvalue weighted by atomic mass is 9.93. The maximum Gasteiger partial charge on any atom is 0.0630 e. The molecule has 1 aliphatic rings. The summed E-state index contributed by atoms with van der Waals surface area (Å²) in [6.45, 7) is 11.1. The Bertz CT molecular complexity index is 872. The zero-order valence-corrected chi connectivity index (χ0v) is 17.1. The fourth-order valence-electron chi connectivity index (χ4n) is 3.60. The number of hydrazone groups is 1. The van der Waals surface area contributed by atoms with Crippen LogP contribution in [0, 0.1) is 0 Å². The Balaban J connectivity index is 1.89. The van der Waals surface area contributed by atoms with E-state index >= 15 is 0 Å². The Morgan fingerprint density at radius 3 is 2.19 bits per heavy atom. The molecule has 0 aromatic heterocycles. The van der Waals surface area contributed by atoms with Crippen LogP contribution in [0.5, 0.6) is 0 Å². The second-order valence-electron chi connectivity index (χ2n) is 7.90. The summed E-state index contributed by atoms with van der Waals surface area (Å²) in [6, 6.07) is 15.0. The summed E-state index contributed by atoms with van der Waals surface area (Å²) < 4.78 is 0. The van der Waals surface area contributed by atoms with Crippen molar-refractivity contribution in [2.45, 2.75) is 52.9 Å². The molecule has 2 aromatic carbocycles. The third-order valence-electron chi connectivity index (χ3n) is 5.11. The van der Waals surface area contributed by atoms with E-state index in [9.17, 15) is 0 Å². The molecule has 0 saturated heterocycles. The van der Waals surface area contributed by atoms with Gasteiger partial charge < -0.3 is 0 Å². The molecule has 2 aromatic rings. The van der Waals surface area contributed by atoms with Crippen LogP contribution >= 0.6 is 0 Å². The molecule has 0 atom stereocenters. The first-order valence-corrected chi connectivity index (χ1v) is 9.86. The second-order valence-corrected chi connectivity index (χ2v) is 7.90. The molecule has 2 heteroatoms. The van der Waals surface area contributed by atoms with Gasteiger partial charge in [0.05, 0.1) is 11.9 Å². The SMILES string of the molecule is CC1=CCC(c2ccccc2/C=N/Nc2c(C(C)C)cccc2C(C)C)=C1. The first kappa shape index (κ1) is 19.2. The molecule has 0 aliphatic heterocycles. The summed E-state index contributed by atoms with van der Waals surface area (Å²) in [6.07, 6.45) is 7.49. The van der Waals surface area contributed by atoms with Gasteiger partial charge in [-0.2, -0.15) is 5.10 Å². The first-order chi connectivity index (χ1) is 13.0. The van der Waals surface area contributed by atoms with Gasteiger partial charge >= 0.3 is 0 Å². The fourth-order valence-corrected chi connectivity index (χ4v) is 3.60. The number of benzene rings is 2. The molecule has 0 heterocycles. The molecule has 0 saturated carbocycles. The van der Waals surface area contributed by atoms with Gasteiger partial charge in [0.2, 0.25) is 0 Å². The normalized spacial score (nSPS) is 14.2. The average molecular weight is 359 g/mol. The lowest BCUT2D eigenvalue weighted by Crippen LogP contribution is -2.04. The van der Waals surface area contributed by atoms with E-state index in [1.54, 1.807) is 0 Å². The molecule has 0 unspecified atom stereocenters. The average Bonchev–Trinajstić information content (AvgIpc) is 3.08. The van der Waals surface area contributed by atoms with Crippen molar-refractivity contribution in [2.75, 3.05) is 5.43 Å². The highest BCUT2D eigenvalue weighted by Crippen LogP contribution is 2.32. The van der Waals surface area contributed by atoms with Crippen LogP contribution in [0.2, 0.25) is 0 Å². The van der Waals surface area contributed by atoms with Gasteiger partial charge in [-0.05, 0) is 47.4 Å². The molecule has 0 fully saturated rings. The van der Waals surface area contributed by atoms with Crippen LogP contribution in [0.25, 0.3) is 5.57 Å². The number of nitrogens with one attached hydrogen (secondary N) is 1. The maximum absolute atomic E-state index is 4.63. The van der Waals surface area contributed by atoms with Crippen LogP contribution in [0.3, 0.4) is 0 Å². The summed E-state index contributed by atoms with van der Waals surface area (Å²) in [5, 5.41) is 4.63. The van der Waals surface area contributed by atoms with Crippen LogP contribution in [-0.4, -0.2) is 6.21 Å². The number of rotatable bonds is 6. The van der Waals surface area contributed by atoms with E-state index in [2.05, 4.69) is 99.8 Å². The molecular formula is C25H30N2. The van der Waals surface area contributed by atoms with Crippen LogP contribution in [-0.2, 0) is 0 Å². The number of hydrogen-bond acceptors (Lipinski definition) is 2. The number of anilines is 1. The minimum absolute atomic E-state index is 0.450. The Morgan fingerprint density at radius 1 is 0.926 bits per heavy atom. The Kier molecular flexibility index (Phi) is 5.95. The predicted octanol–water partition coefficient (Wildman–Crippen LogP) is 7.11. The molecule has 140 valence electrons. The van der Waals surface area contributed by atoms with E-state index < -0.39 is 0 Å². The lowest BCUT2D eigenvalue weighted by molar-refractivity contribution is 0.835. The predicted molar refractivity (Wildman–Crippen MR) is 119 cm³/mol. The smallest absolute Gasteiger partial charge is 0.0630 e. The zero-order chi connectivity index (χ0) is 19.4. The van der Waals surface area contributed by atoms with Gasteiger partial charge in [-0.15, -0.1) is 0 Å². The van der Waals surface area contributed by atoms with Gasteiger partial charge in [-0.1, -0.05) is 87.9 Å². The summed E-state index contributed by atoms with van der Waals surface area (Å²) in [5.41, 5.74) is 12.2. The molecule has 0 amide bonds. The Labute approximate surface area is 163 Å². The molecular weight excluding hydrogens is 328 g/mol. The largest absolute Gasteiger partial charge is 0.278 e. The van der Waals surface area contributed by atoms with Gasteiger partial charge in [0, 0.05) is 5.56 Å². The highest BCUT2D eigenvalue weighted by Gasteiger charge is 2.13. The van der Waals surface area contributed by atoms with Crippen molar-refractivity contribution >= 4 is 17.5 Å². The van der Waals surface area contributed by atoms with Crippen LogP contribution in [0.4, 0.5) is 5.69 Å². The van der Waals surface area contributed by atoms with E-state index in [0.29, 0.717) is 11.8 Å². The van der Waals surface area contributed by atoms with Gasteiger partial charge in [-0.3, -0.25) is 5.43 Å². The lowest BCUT2D eigenvalue weighted by Gasteiger charge is -2.18. The molecule has 27 heavy (non-hydrogen) atoms. The number of hydrogen-bond donors (Lipinski definition) is 1. The maximum atomic E-state index is 4.63.